The normalized spacial score (nSPS) is 12.1. The van der Waals surface area contributed by atoms with Crippen molar-refractivity contribution in [1.82, 2.24) is 24.1 Å². The highest BCUT2D eigenvalue weighted by atomic mass is 19.4. The summed E-state index contributed by atoms with van der Waals surface area (Å²) in [6, 6.07) is 79.7. The molecular weight excluding hydrogens is 1030 g/mol. The molecule has 0 amide bonds. The Hall–Kier alpha value is -10.3. The fraction of sp³-hybridized carbons (Fsp3) is 0.0290. The first-order chi connectivity index (χ1) is 39.4. The van der Waals surface area contributed by atoms with Crippen LogP contribution in [0.3, 0.4) is 0 Å². The van der Waals surface area contributed by atoms with Crippen molar-refractivity contribution in [1.29, 1.82) is 0 Å². The van der Waals surface area contributed by atoms with Crippen LogP contribution in [0.2, 0.25) is 0 Å². The number of fused-ring (bicyclic) bond motifs is 8. The zero-order valence-electron chi connectivity index (χ0n) is 42.7. The zero-order valence-corrected chi connectivity index (χ0v) is 42.7. The van der Waals surface area contributed by atoms with Crippen molar-refractivity contribution in [2.24, 2.45) is 0 Å². The fourth-order valence-corrected chi connectivity index (χ4v) is 11.2. The van der Waals surface area contributed by atoms with Crippen molar-refractivity contribution in [2.75, 3.05) is 4.90 Å². The number of aromatic nitrogens is 5. The molecule has 11 aromatic carbocycles. The molecule has 0 saturated carbocycles. The van der Waals surface area contributed by atoms with E-state index in [2.05, 4.69) is 142 Å². The molecule has 0 aliphatic heterocycles. The van der Waals surface area contributed by atoms with E-state index in [1.807, 2.05) is 83.4 Å². The Labute approximate surface area is 459 Å². The van der Waals surface area contributed by atoms with Gasteiger partial charge in [-0.3, -0.25) is 4.57 Å². The van der Waals surface area contributed by atoms with Crippen molar-refractivity contribution < 1.29 is 26.3 Å². The fourth-order valence-electron chi connectivity index (χ4n) is 11.2. The van der Waals surface area contributed by atoms with E-state index in [1.54, 1.807) is 0 Å². The van der Waals surface area contributed by atoms with E-state index in [0.717, 1.165) is 113 Å². The number of rotatable bonds is 9. The van der Waals surface area contributed by atoms with Gasteiger partial charge in [-0.15, -0.1) is 0 Å². The molecular formula is C69H42F6N6. The quantitative estimate of drug-likeness (QED) is 0.135. The molecule has 0 radical (unpaired) electrons. The third-order valence-electron chi connectivity index (χ3n) is 15.0. The Morgan fingerprint density at radius 3 is 1.23 bits per heavy atom. The summed E-state index contributed by atoms with van der Waals surface area (Å²) >= 11 is 0. The monoisotopic (exact) mass is 1070 g/mol. The number of hydrogen-bond acceptors (Lipinski definition) is 4. The number of benzene rings is 11. The van der Waals surface area contributed by atoms with Crippen LogP contribution in [0.5, 0.6) is 0 Å². The van der Waals surface area contributed by atoms with Gasteiger partial charge < -0.3 is 9.47 Å². The van der Waals surface area contributed by atoms with Crippen LogP contribution in [0.25, 0.3) is 111 Å². The van der Waals surface area contributed by atoms with Crippen LogP contribution in [0.4, 0.5) is 43.4 Å². The molecule has 81 heavy (non-hydrogen) atoms. The van der Waals surface area contributed by atoms with Crippen molar-refractivity contribution in [2.45, 2.75) is 12.4 Å². The van der Waals surface area contributed by atoms with Crippen LogP contribution >= 0.6 is 0 Å². The predicted molar refractivity (Wildman–Crippen MR) is 312 cm³/mol. The van der Waals surface area contributed by atoms with Gasteiger partial charge in [0.15, 0.2) is 11.6 Å². The number of halogens is 6. The highest BCUT2D eigenvalue weighted by molar-refractivity contribution is 6.22. The molecule has 0 bridgehead atoms. The lowest BCUT2D eigenvalue weighted by molar-refractivity contribution is -0.138. The van der Waals surface area contributed by atoms with Gasteiger partial charge in [0, 0.05) is 55.4 Å². The molecule has 390 valence electrons. The number of para-hydroxylation sites is 3. The maximum Gasteiger partial charge on any atom is 0.416 e. The molecule has 14 rings (SSSR count). The molecule has 3 heterocycles. The van der Waals surface area contributed by atoms with Gasteiger partial charge in [0.05, 0.1) is 33.2 Å². The molecule has 0 saturated heterocycles. The molecule has 14 aromatic rings. The topological polar surface area (TPSA) is 51.8 Å². The van der Waals surface area contributed by atoms with Gasteiger partial charge in [-0.1, -0.05) is 140 Å². The highest BCUT2D eigenvalue weighted by Gasteiger charge is 2.32. The molecule has 0 aliphatic carbocycles. The number of anilines is 3. The van der Waals surface area contributed by atoms with Crippen LogP contribution in [-0.4, -0.2) is 24.1 Å². The Bertz CT molecular complexity index is 4570. The van der Waals surface area contributed by atoms with E-state index in [4.69, 9.17) is 9.97 Å². The Balaban J connectivity index is 0.971. The van der Waals surface area contributed by atoms with E-state index in [9.17, 15) is 26.3 Å². The first-order valence-electron chi connectivity index (χ1n) is 26.1. The maximum absolute atomic E-state index is 13.8. The smallest absolute Gasteiger partial charge is 0.311 e. The third-order valence-corrected chi connectivity index (χ3v) is 15.0. The van der Waals surface area contributed by atoms with Crippen LogP contribution in [0, 0.1) is 0 Å². The van der Waals surface area contributed by atoms with E-state index < -0.39 is 23.5 Å². The summed E-state index contributed by atoms with van der Waals surface area (Å²) in [7, 11) is 0. The summed E-state index contributed by atoms with van der Waals surface area (Å²) in [5, 5.41) is 6.20. The first-order valence-corrected chi connectivity index (χ1v) is 26.1. The van der Waals surface area contributed by atoms with Crippen molar-refractivity contribution in [3.63, 3.8) is 0 Å². The van der Waals surface area contributed by atoms with Gasteiger partial charge in [0.25, 0.3) is 0 Å². The van der Waals surface area contributed by atoms with Gasteiger partial charge in [-0.25, -0.2) is 4.98 Å². The first kappa shape index (κ1) is 49.0. The van der Waals surface area contributed by atoms with Gasteiger partial charge >= 0.3 is 12.4 Å². The lowest BCUT2D eigenvalue weighted by Gasteiger charge is -2.25. The number of hydrogen-bond donors (Lipinski definition) is 0. The standard InChI is InChI=1S/C69H42F6N6/c70-68(71,72)50-30-20-45(21-31-50)65-76-66(46-22-32-51(33-23-46)69(73,74)75)78-67(77-65)81-60-36-27-47(43-24-34-55(35-25-43)79(52-13-4-1-5-14-52)53-15-6-2-7-16-53)40-57(60)58-41-48(28-37-61(58)81)49-29-38-62-59(42-49)64-56-19-11-10-12-44(56)26-39-63(64)80(62)54-17-8-3-9-18-54/h1-42H. The molecule has 0 atom stereocenters. The van der Waals surface area contributed by atoms with Crippen molar-refractivity contribution in [3.05, 3.63) is 266 Å². The SMILES string of the molecule is FC(F)(F)c1ccc(-c2nc(-c3ccc(C(F)(F)F)cc3)nc(-n3c4ccc(-c5ccc(N(c6ccccc6)c6ccccc6)cc5)cc4c4cc(-c5ccc6c(c5)c5c7ccccc7ccc5n6-c5ccccc5)ccc43)n2)cc1. The van der Waals surface area contributed by atoms with Crippen LogP contribution in [-0.2, 0) is 12.4 Å². The van der Waals surface area contributed by atoms with Crippen molar-refractivity contribution >= 4 is 71.4 Å². The zero-order chi connectivity index (χ0) is 55.0. The third kappa shape index (κ3) is 8.78. The summed E-state index contributed by atoms with van der Waals surface area (Å²) in [4.78, 5) is 16.8. The molecule has 0 fully saturated rings. The second-order valence-electron chi connectivity index (χ2n) is 19.9. The Morgan fingerprint density at radius 2 is 0.716 bits per heavy atom. The van der Waals surface area contributed by atoms with E-state index in [1.165, 1.54) is 24.3 Å². The van der Waals surface area contributed by atoms with Crippen LogP contribution < -0.4 is 4.90 Å². The highest BCUT2D eigenvalue weighted by Crippen LogP contribution is 2.43. The average Bonchev–Trinajstić information content (AvgIpc) is 4.04. The second-order valence-corrected chi connectivity index (χ2v) is 19.9. The number of nitrogens with zero attached hydrogens (tertiary/aromatic N) is 6. The second kappa shape index (κ2) is 19.2. The summed E-state index contributed by atoms with van der Waals surface area (Å²) in [6.45, 7) is 0. The lowest BCUT2D eigenvalue weighted by Crippen LogP contribution is -2.09. The van der Waals surface area contributed by atoms with Gasteiger partial charge in [-0.2, -0.15) is 36.3 Å². The minimum atomic E-state index is -4.59. The van der Waals surface area contributed by atoms with E-state index in [-0.39, 0.29) is 28.7 Å². The predicted octanol–water partition coefficient (Wildman–Crippen LogP) is 19.4. The summed E-state index contributed by atoms with van der Waals surface area (Å²) in [5.41, 5.74) is 10.2. The minimum absolute atomic E-state index is 0.0301. The molecule has 0 aliphatic rings. The van der Waals surface area contributed by atoms with Crippen LogP contribution in [0.1, 0.15) is 11.1 Å². The minimum Gasteiger partial charge on any atom is -0.311 e. The molecule has 6 nitrogen and oxygen atoms in total. The lowest BCUT2D eigenvalue weighted by atomic mass is 9.98. The Kier molecular flexibility index (Phi) is 11.6. The molecule has 12 heteroatoms. The molecule has 3 aromatic heterocycles. The van der Waals surface area contributed by atoms with Gasteiger partial charge in [0.1, 0.15) is 0 Å². The van der Waals surface area contributed by atoms with Crippen molar-refractivity contribution in [3.8, 4) is 56.7 Å². The Morgan fingerprint density at radius 1 is 0.309 bits per heavy atom. The van der Waals surface area contributed by atoms with Gasteiger partial charge in [-0.05, 0) is 148 Å². The summed E-state index contributed by atoms with van der Waals surface area (Å²) in [6.07, 6.45) is -9.19. The number of alkyl halides is 6. The average molecular weight is 1070 g/mol. The summed E-state index contributed by atoms with van der Waals surface area (Å²) < 4.78 is 87.3. The van der Waals surface area contributed by atoms with E-state index in [0.29, 0.717) is 11.0 Å². The molecule has 0 N–H and O–H groups in total. The summed E-state index contributed by atoms with van der Waals surface area (Å²) in [5.74, 6) is 0.175. The molecule has 0 unspecified atom stereocenters. The molecule has 0 spiro atoms. The van der Waals surface area contributed by atoms with Crippen LogP contribution in [0.15, 0.2) is 255 Å². The largest absolute Gasteiger partial charge is 0.416 e. The van der Waals surface area contributed by atoms with Gasteiger partial charge in [0.2, 0.25) is 5.95 Å². The maximum atomic E-state index is 13.8. The van der Waals surface area contributed by atoms with E-state index >= 15 is 0 Å².